The summed E-state index contributed by atoms with van der Waals surface area (Å²) in [4.78, 5) is 31.9. The van der Waals surface area contributed by atoms with Crippen molar-refractivity contribution in [2.75, 3.05) is 0 Å². The largest absolute Gasteiger partial charge is 0.307 e. The fraction of sp³-hybridized carbons (Fsp3) is 0. The Kier molecular flexibility index (Phi) is 11.4. The first-order chi connectivity index (χ1) is 49.6. The van der Waals surface area contributed by atoms with Gasteiger partial charge in [-0.3, -0.25) is 4.57 Å². The van der Waals surface area contributed by atoms with Gasteiger partial charge >= 0.3 is 0 Å². The predicted molar refractivity (Wildman–Crippen MR) is 409 cm³/mol. The highest BCUT2D eigenvalue weighted by Gasteiger charge is 2.28. The van der Waals surface area contributed by atoms with E-state index in [1.54, 1.807) is 0 Å². The minimum Gasteiger partial charge on any atom is -0.307 e. The number of aromatic nitrogens is 10. The molecule has 0 fully saturated rings. The third kappa shape index (κ3) is 7.89. The van der Waals surface area contributed by atoms with Crippen molar-refractivity contribution in [1.29, 1.82) is 0 Å². The number of hydrogen-bond donors (Lipinski definition) is 0. The van der Waals surface area contributed by atoms with Gasteiger partial charge in [-0.2, -0.15) is 9.97 Å². The molecule has 22 aromatic rings. The Morgan fingerprint density at radius 1 is 0.170 bits per heavy atom. The molecule has 0 amide bonds. The Hall–Kier alpha value is -13.7. The summed E-state index contributed by atoms with van der Waals surface area (Å²) in [6.07, 6.45) is 0. The second kappa shape index (κ2) is 20.9. The van der Waals surface area contributed by atoms with Crippen molar-refractivity contribution in [2.24, 2.45) is 0 Å². The second-order valence-corrected chi connectivity index (χ2v) is 26.1. The summed E-state index contributed by atoms with van der Waals surface area (Å²) < 4.78 is 9.74. The van der Waals surface area contributed by atoms with Crippen LogP contribution in [0.1, 0.15) is 0 Å². The van der Waals surface area contributed by atoms with E-state index in [0.717, 1.165) is 111 Å². The number of nitrogens with zero attached hydrogens (tertiary/aromatic N) is 10. The van der Waals surface area contributed by atoms with Gasteiger partial charge in [-0.15, -0.1) is 0 Å². The van der Waals surface area contributed by atoms with Crippen LogP contribution in [-0.4, -0.2) is 47.8 Å². The maximum absolute atomic E-state index is 5.65. The normalized spacial score (nSPS) is 12.2. The quantitative estimate of drug-likeness (QED) is 0.143. The average molecular weight is 1270 g/mol. The number of benzene rings is 14. The van der Waals surface area contributed by atoms with Crippen LogP contribution in [0.15, 0.2) is 315 Å². The molecule has 0 N–H and O–H groups in total. The first kappa shape index (κ1) is 54.5. The number of hydrogen-bond acceptors (Lipinski definition) is 6. The molecule has 10 nitrogen and oxygen atoms in total. The summed E-state index contributed by atoms with van der Waals surface area (Å²) in [6.45, 7) is 0. The maximum Gasteiger partial charge on any atom is 0.238 e. The number of rotatable bonds is 9. The Labute approximate surface area is 570 Å². The van der Waals surface area contributed by atoms with E-state index in [-0.39, 0.29) is 0 Å². The molecule has 0 aliphatic rings. The molecule has 0 aliphatic heterocycles. The molecule has 462 valence electrons. The molecule has 10 heteroatoms. The number of para-hydroxylation sites is 5. The molecule has 22 rings (SSSR count). The lowest BCUT2D eigenvalue weighted by atomic mass is 9.97. The monoisotopic (exact) mass is 1270 g/mol. The van der Waals surface area contributed by atoms with Gasteiger partial charge in [0.2, 0.25) is 5.95 Å². The highest BCUT2D eigenvalue weighted by molar-refractivity contribution is 6.31. The second-order valence-electron chi connectivity index (χ2n) is 26.1. The highest BCUT2D eigenvalue weighted by Crippen LogP contribution is 2.48. The van der Waals surface area contributed by atoms with Crippen molar-refractivity contribution < 1.29 is 0 Å². The van der Waals surface area contributed by atoms with Crippen LogP contribution in [-0.2, 0) is 0 Å². The molecule has 0 saturated carbocycles. The average Bonchev–Trinajstić information content (AvgIpc) is 1.53. The van der Waals surface area contributed by atoms with E-state index in [1.807, 2.05) is 60.7 Å². The van der Waals surface area contributed by atoms with E-state index in [1.165, 1.54) is 64.9 Å². The molecule has 0 spiro atoms. The predicted octanol–water partition coefficient (Wildman–Crippen LogP) is 22.2. The lowest BCUT2D eigenvalue weighted by Gasteiger charge is -2.13. The van der Waals surface area contributed by atoms with Crippen LogP contribution in [0.5, 0.6) is 0 Å². The van der Waals surface area contributed by atoms with Gasteiger partial charge in [-0.25, -0.2) is 19.9 Å². The molecule has 0 unspecified atom stereocenters. The molecule has 0 saturated heterocycles. The standard InChI is InChI=1S/C90H52N10/c1-4-20-53(21-5-1)54-38-40-57(41-39-54)88-94-89(96-90(95-88)100-78-37-17-12-30-65(78)70-46-48-71-68-33-19-32-67-63-28-11-15-35-76(63)98(79(67)68)82(71)84(70)100)60-27-18-26-59(50-60)61-51-73-66-31-13-16-36-77(66)99-80(73)74(52-61)72-49-47-69-64-29-10-14-34-75(64)97(81(69)83(72)99)62-44-42-58(43-45-62)87-92-85(55-22-6-2-7-23-55)91-86(93-87)56-24-8-3-9-25-56/h1-52H. The van der Waals surface area contributed by atoms with Gasteiger partial charge in [-0.05, 0) is 89.0 Å². The Morgan fingerprint density at radius 3 is 1.05 bits per heavy atom. The zero-order chi connectivity index (χ0) is 65.3. The van der Waals surface area contributed by atoms with E-state index in [9.17, 15) is 0 Å². The van der Waals surface area contributed by atoms with Crippen LogP contribution in [0.2, 0.25) is 0 Å². The third-order valence-electron chi connectivity index (χ3n) is 20.7. The summed E-state index contributed by atoms with van der Waals surface area (Å²) in [5.41, 5.74) is 21.3. The molecular weight excluding hydrogens is 1220 g/mol. The maximum atomic E-state index is 5.65. The molecule has 0 atom stereocenters. The lowest BCUT2D eigenvalue weighted by Crippen LogP contribution is -2.07. The minimum absolute atomic E-state index is 0.539. The van der Waals surface area contributed by atoms with Gasteiger partial charge in [0.25, 0.3) is 0 Å². The first-order valence-corrected chi connectivity index (χ1v) is 33.8. The van der Waals surface area contributed by atoms with E-state index >= 15 is 0 Å². The molecule has 14 aromatic carbocycles. The summed E-state index contributed by atoms with van der Waals surface area (Å²) in [7, 11) is 0. The first-order valence-electron chi connectivity index (χ1n) is 33.8. The van der Waals surface area contributed by atoms with Crippen molar-refractivity contribution >= 4 is 120 Å². The summed E-state index contributed by atoms with van der Waals surface area (Å²) in [5, 5.41) is 14.2. The summed E-state index contributed by atoms with van der Waals surface area (Å²) in [5.74, 6) is 3.56. The molecule has 0 aliphatic carbocycles. The van der Waals surface area contributed by atoms with Crippen molar-refractivity contribution in [1.82, 2.24) is 47.8 Å². The Balaban J connectivity index is 0.732. The van der Waals surface area contributed by atoms with Crippen LogP contribution in [0.3, 0.4) is 0 Å². The molecule has 8 aromatic heterocycles. The van der Waals surface area contributed by atoms with Crippen molar-refractivity contribution in [3.8, 4) is 90.8 Å². The van der Waals surface area contributed by atoms with Gasteiger partial charge < -0.3 is 13.4 Å². The van der Waals surface area contributed by atoms with E-state index in [2.05, 4.69) is 273 Å². The van der Waals surface area contributed by atoms with Crippen LogP contribution in [0.4, 0.5) is 0 Å². The van der Waals surface area contributed by atoms with Gasteiger partial charge in [0.05, 0.1) is 55.2 Å². The van der Waals surface area contributed by atoms with Crippen molar-refractivity contribution in [3.05, 3.63) is 315 Å². The molecule has 100 heavy (non-hydrogen) atoms. The molecule has 0 radical (unpaired) electrons. The van der Waals surface area contributed by atoms with Crippen LogP contribution in [0, 0.1) is 0 Å². The Morgan fingerprint density at radius 2 is 0.490 bits per heavy atom. The SMILES string of the molecule is c1ccc(-c2ccc(-c3nc(-c4cccc(-c5cc6c7ccccc7n7c6c(c5)c5ccc6c8ccccc8n(-c8ccc(-c9nc(-c%10ccccc%10)nc(-c%10ccccc%10)n9)cc8)c6c57)c4)nc(-n4c5ccccc5c5ccc6c7cccc8c9ccccc9n(c87)c6c54)n3)cc2)cc1. The van der Waals surface area contributed by atoms with E-state index in [4.69, 9.17) is 29.9 Å². The zero-order valence-corrected chi connectivity index (χ0v) is 53.5. The fourth-order valence-electron chi connectivity index (χ4n) is 16.3. The van der Waals surface area contributed by atoms with Gasteiger partial charge in [-0.1, -0.05) is 249 Å². The fourth-order valence-corrected chi connectivity index (χ4v) is 16.3. The number of fused-ring (bicyclic) bond motifs is 20. The van der Waals surface area contributed by atoms with E-state index in [0.29, 0.717) is 35.1 Å². The molecule has 0 bridgehead atoms. The smallest absolute Gasteiger partial charge is 0.238 e. The minimum atomic E-state index is 0.539. The summed E-state index contributed by atoms with van der Waals surface area (Å²) in [6, 6.07) is 113. The lowest BCUT2D eigenvalue weighted by molar-refractivity contribution is 0.954. The van der Waals surface area contributed by atoms with Crippen molar-refractivity contribution in [3.63, 3.8) is 0 Å². The van der Waals surface area contributed by atoms with Gasteiger partial charge in [0, 0.05) is 98.1 Å². The van der Waals surface area contributed by atoms with Crippen LogP contribution >= 0.6 is 0 Å². The highest BCUT2D eigenvalue weighted by atomic mass is 15.2. The van der Waals surface area contributed by atoms with E-state index < -0.39 is 0 Å². The Bertz CT molecular complexity index is 7050. The summed E-state index contributed by atoms with van der Waals surface area (Å²) >= 11 is 0. The van der Waals surface area contributed by atoms with Crippen LogP contribution in [0.25, 0.3) is 211 Å². The third-order valence-corrected chi connectivity index (χ3v) is 20.7. The van der Waals surface area contributed by atoms with Gasteiger partial charge in [0.15, 0.2) is 29.1 Å². The topological polar surface area (TPSA) is 96.0 Å². The van der Waals surface area contributed by atoms with Gasteiger partial charge in [0.1, 0.15) is 0 Å². The van der Waals surface area contributed by atoms with Crippen molar-refractivity contribution in [2.45, 2.75) is 0 Å². The molecular formula is C90H52N10. The molecule has 8 heterocycles. The zero-order valence-electron chi connectivity index (χ0n) is 53.5. The van der Waals surface area contributed by atoms with Crippen LogP contribution < -0.4 is 0 Å².